The number of rotatable bonds is 5. The molecule has 3 heteroatoms. The number of aliphatic hydroxyl groups excluding tert-OH is 1. The zero-order valence-corrected chi connectivity index (χ0v) is 13.4. The summed E-state index contributed by atoms with van der Waals surface area (Å²) in [5, 5.41) is 8.75. The molecule has 0 spiro atoms. The minimum Gasteiger partial charge on any atom is -0.395 e. The van der Waals surface area contributed by atoms with Gasteiger partial charge >= 0.3 is 0 Å². The minimum absolute atomic E-state index is 0.0410. The molecule has 0 aliphatic carbocycles. The summed E-state index contributed by atoms with van der Waals surface area (Å²) in [5.74, 6) is 5.91. The molecule has 1 aromatic carbocycles. The topological polar surface area (TPSA) is 40.5 Å². The van der Waals surface area contributed by atoms with Gasteiger partial charge in [-0.25, -0.2) is 0 Å². The maximum Gasteiger partial charge on any atom is 0.254 e. The molecule has 3 nitrogen and oxygen atoms in total. The van der Waals surface area contributed by atoms with Crippen molar-refractivity contribution in [3.05, 3.63) is 34.9 Å². The van der Waals surface area contributed by atoms with E-state index in [0.29, 0.717) is 12.0 Å². The second-order valence-corrected chi connectivity index (χ2v) is 5.36. The molecule has 0 radical (unpaired) electrons. The summed E-state index contributed by atoms with van der Waals surface area (Å²) in [6.07, 6.45) is 2.51. The van der Waals surface area contributed by atoms with Crippen molar-refractivity contribution >= 4 is 5.91 Å². The van der Waals surface area contributed by atoms with Gasteiger partial charge in [0, 0.05) is 30.6 Å². The predicted molar refractivity (Wildman–Crippen MR) is 86.2 cm³/mol. The number of carbonyl (C=O) groups excluding carboxylic acids is 1. The monoisotopic (exact) mass is 287 g/mol. The summed E-state index contributed by atoms with van der Waals surface area (Å²) >= 11 is 0. The third kappa shape index (κ3) is 4.91. The van der Waals surface area contributed by atoms with Crippen LogP contribution in [0.5, 0.6) is 0 Å². The van der Waals surface area contributed by atoms with Crippen molar-refractivity contribution in [3.8, 4) is 11.8 Å². The highest BCUT2D eigenvalue weighted by Gasteiger charge is 2.18. The highest BCUT2D eigenvalue weighted by Crippen LogP contribution is 2.15. The molecule has 0 saturated heterocycles. The first-order chi connectivity index (χ1) is 10.0. The van der Waals surface area contributed by atoms with Gasteiger partial charge in [-0.15, -0.1) is 0 Å². The number of amides is 1. The van der Waals surface area contributed by atoms with E-state index in [1.165, 1.54) is 0 Å². The first-order valence-electron chi connectivity index (χ1n) is 7.48. The van der Waals surface area contributed by atoms with Gasteiger partial charge in [-0.05, 0) is 38.0 Å². The zero-order chi connectivity index (χ0) is 15.8. The maximum atomic E-state index is 12.6. The van der Waals surface area contributed by atoms with E-state index in [1.54, 1.807) is 4.90 Å². The van der Waals surface area contributed by atoms with Crippen LogP contribution in [0.2, 0.25) is 0 Å². The molecule has 1 N–H and O–H groups in total. The molecule has 0 aliphatic rings. The minimum atomic E-state index is 0.0410. The van der Waals surface area contributed by atoms with E-state index in [4.69, 9.17) is 5.11 Å². The zero-order valence-electron chi connectivity index (χ0n) is 13.4. The van der Waals surface area contributed by atoms with E-state index in [9.17, 15) is 4.79 Å². The third-order valence-electron chi connectivity index (χ3n) is 3.63. The summed E-state index contributed by atoms with van der Waals surface area (Å²) in [5.41, 5.74) is 2.48. The predicted octanol–water partition coefficient (Wildman–Crippen LogP) is 2.99. The largest absolute Gasteiger partial charge is 0.395 e. The highest BCUT2D eigenvalue weighted by molar-refractivity contribution is 5.96. The molecule has 0 bridgehead atoms. The number of aliphatic hydroxyl groups is 1. The summed E-state index contributed by atoms with van der Waals surface area (Å²) in [4.78, 5) is 14.4. The van der Waals surface area contributed by atoms with Gasteiger partial charge in [0.1, 0.15) is 0 Å². The maximum absolute atomic E-state index is 12.6. The van der Waals surface area contributed by atoms with E-state index >= 15 is 0 Å². The van der Waals surface area contributed by atoms with Crippen LogP contribution >= 0.6 is 0 Å². The summed E-state index contributed by atoms with van der Waals surface area (Å²) in [7, 11) is 1.85. The van der Waals surface area contributed by atoms with E-state index in [0.717, 1.165) is 24.0 Å². The van der Waals surface area contributed by atoms with Crippen molar-refractivity contribution in [2.24, 2.45) is 0 Å². The fourth-order valence-corrected chi connectivity index (χ4v) is 2.15. The molecular formula is C18H25NO2. The number of nitrogens with zero attached hydrogens (tertiary/aromatic N) is 1. The van der Waals surface area contributed by atoms with Gasteiger partial charge in [0.05, 0.1) is 6.61 Å². The summed E-state index contributed by atoms with van der Waals surface area (Å²) in [6.45, 7) is 6.19. The molecule has 0 fully saturated rings. The van der Waals surface area contributed by atoms with Crippen LogP contribution in [0.1, 0.15) is 54.6 Å². The lowest BCUT2D eigenvalue weighted by Gasteiger charge is -2.25. The van der Waals surface area contributed by atoms with Crippen LogP contribution < -0.4 is 0 Å². The Bertz CT molecular complexity index is 540. The van der Waals surface area contributed by atoms with Gasteiger partial charge in [-0.3, -0.25) is 4.79 Å². The van der Waals surface area contributed by atoms with Crippen LogP contribution in [-0.2, 0) is 0 Å². The van der Waals surface area contributed by atoms with Crippen LogP contribution in [0.3, 0.4) is 0 Å². The van der Waals surface area contributed by atoms with Crippen LogP contribution in [0, 0.1) is 18.8 Å². The molecule has 0 aromatic heterocycles. The lowest BCUT2D eigenvalue weighted by atomic mass is 10.0. The standard InChI is InChI=1S/C18H25NO2/c1-5-8-15(3)19(4)18(21)17-13-16(9-6-7-12-20)11-10-14(17)2/h10-11,13,15,20H,5,7-8,12H2,1-4H3. The van der Waals surface area contributed by atoms with Gasteiger partial charge in [0.2, 0.25) is 0 Å². The van der Waals surface area contributed by atoms with Gasteiger partial charge in [-0.1, -0.05) is 31.3 Å². The first-order valence-corrected chi connectivity index (χ1v) is 7.48. The quantitative estimate of drug-likeness (QED) is 0.846. The number of aryl methyl sites for hydroxylation is 1. The third-order valence-corrected chi connectivity index (χ3v) is 3.63. The number of benzene rings is 1. The molecule has 21 heavy (non-hydrogen) atoms. The van der Waals surface area contributed by atoms with Crippen molar-refractivity contribution in [1.29, 1.82) is 0 Å². The van der Waals surface area contributed by atoms with Gasteiger partial charge in [-0.2, -0.15) is 0 Å². The van der Waals surface area contributed by atoms with E-state index in [1.807, 2.05) is 32.2 Å². The summed E-state index contributed by atoms with van der Waals surface area (Å²) < 4.78 is 0. The molecule has 1 unspecified atom stereocenters. The lowest BCUT2D eigenvalue weighted by Crippen LogP contribution is -2.35. The van der Waals surface area contributed by atoms with Crippen molar-refractivity contribution < 1.29 is 9.90 Å². The van der Waals surface area contributed by atoms with Crippen LogP contribution in [0.25, 0.3) is 0 Å². The van der Waals surface area contributed by atoms with Crippen LogP contribution in [0.15, 0.2) is 18.2 Å². The molecular weight excluding hydrogens is 262 g/mol. The average molecular weight is 287 g/mol. The van der Waals surface area contributed by atoms with E-state index < -0.39 is 0 Å². The van der Waals surface area contributed by atoms with Gasteiger partial charge in [0.25, 0.3) is 5.91 Å². The molecule has 0 aliphatic heterocycles. The second-order valence-electron chi connectivity index (χ2n) is 5.36. The number of hydrogen-bond donors (Lipinski definition) is 1. The molecule has 1 amide bonds. The number of carbonyl (C=O) groups is 1. The Hall–Kier alpha value is -1.79. The van der Waals surface area contributed by atoms with E-state index in [-0.39, 0.29) is 18.6 Å². The lowest BCUT2D eigenvalue weighted by molar-refractivity contribution is 0.0736. The molecule has 1 atom stereocenters. The Labute approximate surface area is 128 Å². The molecule has 1 rings (SSSR count). The fraction of sp³-hybridized carbons (Fsp3) is 0.500. The van der Waals surface area contributed by atoms with Crippen molar-refractivity contribution in [2.75, 3.05) is 13.7 Å². The van der Waals surface area contributed by atoms with Crippen LogP contribution in [-0.4, -0.2) is 35.6 Å². The summed E-state index contributed by atoms with van der Waals surface area (Å²) in [6, 6.07) is 5.91. The highest BCUT2D eigenvalue weighted by atomic mass is 16.2. The van der Waals surface area contributed by atoms with Crippen molar-refractivity contribution in [1.82, 2.24) is 4.90 Å². The Balaban J connectivity index is 2.98. The SMILES string of the molecule is CCCC(C)N(C)C(=O)c1cc(C#CCCO)ccc1C. The smallest absolute Gasteiger partial charge is 0.254 e. The van der Waals surface area contributed by atoms with E-state index in [2.05, 4.69) is 25.7 Å². The fourth-order valence-electron chi connectivity index (χ4n) is 2.15. The second kappa shape index (κ2) is 8.49. The Morgan fingerprint density at radius 3 is 2.76 bits per heavy atom. The Morgan fingerprint density at radius 2 is 2.14 bits per heavy atom. The van der Waals surface area contributed by atoms with Crippen molar-refractivity contribution in [2.45, 2.75) is 46.1 Å². The molecule has 1 aromatic rings. The Kier molecular flexibility index (Phi) is 6.98. The van der Waals surface area contributed by atoms with Crippen LogP contribution in [0.4, 0.5) is 0 Å². The number of hydrogen-bond acceptors (Lipinski definition) is 2. The first kappa shape index (κ1) is 17.3. The van der Waals surface area contributed by atoms with Crippen molar-refractivity contribution in [3.63, 3.8) is 0 Å². The Morgan fingerprint density at radius 1 is 1.43 bits per heavy atom. The molecule has 0 heterocycles. The van der Waals surface area contributed by atoms with Gasteiger partial charge in [0.15, 0.2) is 0 Å². The normalized spacial score (nSPS) is 11.5. The average Bonchev–Trinajstić information content (AvgIpc) is 2.48. The van der Waals surface area contributed by atoms with Gasteiger partial charge < -0.3 is 10.0 Å². The molecule has 0 saturated carbocycles. The molecule has 114 valence electrons.